The fourth-order valence-corrected chi connectivity index (χ4v) is 3.53. The second kappa shape index (κ2) is 5.67. The number of halogens is 2. The van der Waals surface area contributed by atoms with Crippen LogP contribution in [0.2, 0.25) is 5.02 Å². The number of benzene rings is 2. The van der Waals surface area contributed by atoms with Crippen LogP contribution in [0.3, 0.4) is 0 Å². The van der Waals surface area contributed by atoms with Gasteiger partial charge in [0.1, 0.15) is 16.4 Å². The lowest BCUT2D eigenvalue weighted by atomic mass is 10.2. The first kappa shape index (κ1) is 14.4. The van der Waals surface area contributed by atoms with Crippen LogP contribution in [0.25, 0.3) is 10.1 Å². The predicted molar refractivity (Wildman–Crippen MR) is 88.0 cm³/mol. The molecule has 0 fully saturated rings. The number of ether oxygens (including phenoxy) is 1. The third-order valence-corrected chi connectivity index (χ3v) is 5.02. The summed E-state index contributed by atoms with van der Waals surface area (Å²) in [4.78, 5) is 11.2. The lowest BCUT2D eigenvalue weighted by Gasteiger charge is -2.05. The summed E-state index contributed by atoms with van der Waals surface area (Å²) in [5, 5.41) is 10.1. The van der Waals surface area contributed by atoms with Crippen molar-refractivity contribution in [2.75, 3.05) is 0 Å². The molecule has 1 aromatic heterocycles. The largest absolute Gasteiger partial charge is 0.477 e. The van der Waals surface area contributed by atoms with Gasteiger partial charge in [0.2, 0.25) is 0 Å². The molecule has 0 bridgehead atoms. The fraction of sp³-hybridized carbons (Fsp3) is 0. The van der Waals surface area contributed by atoms with E-state index in [-0.39, 0.29) is 9.90 Å². The minimum atomic E-state index is -1.02. The second-order valence-corrected chi connectivity index (χ2v) is 6.61. The number of rotatable bonds is 3. The summed E-state index contributed by atoms with van der Waals surface area (Å²) in [7, 11) is 0. The molecule has 1 N–H and O–H groups in total. The van der Waals surface area contributed by atoms with Crippen LogP contribution in [0.4, 0.5) is 0 Å². The molecule has 2 aromatic carbocycles. The van der Waals surface area contributed by atoms with Crippen LogP contribution in [0.5, 0.6) is 11.5 Å². The summed E-state index contributed by atoms with van der Waals surface area (Å²) in [5.74, 6) is 0.329. The van der Waals surface area contributed by atoms with E-state index in [0.29, 0.717) is 11.5 Å². The van der Waals surface area contributed by atoms with Gasteiger partial charge in [0.05, 0.1) is 5.02 Å². The molecule has 0 atom stereocenters. The first-order valence-electron chi connectivity index (χ1n) is 5.93. The Kier molecular flexibility index (Phi) is 3.89. The van der Waals surface area contributed by atoms with E-state index in [1.54, 1.807) is 18.2 Å². The predicted octanol–water partition coefficient (Wildman–Crippen LogP) is 5.81. The highest BCUT2D eigenvalue weighted by Crippen LogP contribution is 2.38. The summed E-state index contributed by atoms with van der Waals surface area (Å²) in [6, 6.07) is 12.8. The van der Waals surface area contributed by atoms with Gasteiger partial charge >= 0.3 is 5.97 Å². The average molecular weight is 384 g/mol. The van der Waals surface area contributed by atoms with E-state index in [4.69, 9.17) is 21.4 Å². The van der Waals surface area contributed by atoms with E-state index in [2.05, 4.69) is 15.9 Å². The maximum Gasteiger partial charge on any atom is 0.347 e. The molecule has 0 aliphatic heterocycles. The number of carbonyl (C=O) groups is 1. The van der Waals surface area contributed by atoms with Crippen molar-refractivity contribution in [3.63, 3.8) is 0 Å². The molecule has 21 heavy (non-hydrogen) atoms. The van der Waals surface area contributed by atoms with Crippen LogP contribution < -0.4 is 4.74 Å². The van der Waals surface area contributed by atoms with Gasteiger partial charge in [-0.25, -0.2) is 4.79 Å². The van der Waals surface area contributed by atoms with Gasteiger partial charge in [0.25, 0.3) is 0 Å². The molecular formula is C15H8BrClO3S. The van der Waals surface area contributed by atoms with Crippen molar-refractivity contribution in [3.8, 4) is 11.5 Å². The molecule has 6 heteroatoms. The zero-order valence-corrected chi connectivity index (χ0v) is 13.6. The van der Waals surface area contributed by atoms with Crippen molar-refractivity contribution in [2.24, 2.45) is 0 Å². The smallest absolute Gasteiger partial charge is 0.347 e. The highest BCUT2D eigenvalue weighted by molar-refractivity contribution is 9.10. The Balaban J connectivity index is 1.97. The van der Waals surface area contributed by atoms with Gasteiger partial charge in [-0.3, -0.25) is 0 Å². The minimum absolute atomic E-state index is 0.146. The van der Waals surface area contributed by atoms with E-state index < -0.39 is 5.97 Å². The number of hydrogen-bond acceptors (Lipinski definition) is 3. The molecule has 0 aliphatic carbocycles. The van der Waals surface area contributed by atoms with E-state index in [9.17, 15) is 4.79 Å². The zero-order valence-electron chi connectivity index (χ0n) is 10.5. The molecule has 3 aromatic rings. The number of hydrogen-bond donors (Lipinski definition) is 1. The Hall–Kier alpha value is -1.56. The van der Waals surface area contributed by atoms with Crippen molar-refractivity contribution < 1.29 is 14.6 Å². The Morgan fingerprint density at radius 1 is 1.14 bits per heavy atom. The quantitative estimate of drug-likeness (QED) is 0.621. The van der Waals surface area contributed by atoms with Gasteiger partial charge in [-0.05, 0) is 42.5 Å². The van der Waals surface area contributed by atoms with Crippen molar-refractivity contribution in [1.29, 1.82) is 0 Å². The van der Waals surface area contributed by atoms with Crippen molar-refractivity contribution in [3.05, 3.63) is 56.8 Å². The lowest BCUT2D eigenvalue weighted by molar-refractivity contribution is 0.0702. The van der Waals surface area contributed by atoms with Gasteiger partial charge in [-0.2, -0.15) is 0 Å². The third kappa shape index (κ3) is 2.90. The standard InChI is InChI=1S/C15H8BrClO3S/c16-8-1-3-9(4-2-8)20-10-5-6-11-12(7-10)21-14(13(11)17)15(18)19/h1-7H,(H,18,19). The highest BCUT2D eigenvalue weighted by atomic mass is 79.9. The maximum atomic E-state index is 11.1. The van der Waals surface area contributed by atoms with E-state index in [1.165, 1.54) is 0 Å². The van der Waals surface area contributed by atoms with Crippen LogP contribution in [-0.2, 0) is 0 Å². The Morgan fingerprint density at radius 2 is 1.81 bits per heavy atom. The summed E-state index contributed by atoms with van der Waals surface area (Å²) < 4.78 is 7.50. The van der Waals surface area contributed by atoms with Crippen molar-refractivity contribution >= 4 is 54.9 Å². The number of carboxylic acids is 1. The van der Waals surface area contributed by atoms with Gasteiger partial charge in [-0.1, -0.05) is 27.5 Å². The summed E-state index contributed by atoms with van der Waals surface area (Å²) >= 11 is 10.6. The Bertz CT molecular complexity index is 827. The molecule has 0 saturated carbocycles. The number of thiophene rings is 1. The van der Waals surface area contributed by atoms with Gasteiger partial charge in [-0.15, -0.1) is 11.3 Å². The maximum absolute atomic E-state index is 11.1. The van der Waals surface area contributed by atoms with E-state index >= 15 is 0 Å². The van der Waals surface area contributed by atoms with Crippen LogP contribution in [0.1, 0.15) is 9.67 Å². The van der Waals surface area contributed by atoms with Gasteiger partial charge < -0.3 is 9.84 Å². The third-order valence-electron chi connectivity index (χ3n) is 2.84. The summed E-state index contributed by atoms with van der Waals surface area (Å²) in [6.07, 6.45) is 0. The Morgan fingerprint density at radius 3 is 2.48 bits per heavy atom. The first-order valence-corrected chi connectivity index (χ1v) is 7.92. The molecule has 106 valence electrons. The minimum Gasteiger partial charge on any atom is -0.477 e. The average Bonchev–Trinajstić information content (AvgIpc) is 2.78. The highest BCUT2D eigenvalue weighted by Gasteiger charge is 2.16. The van der Waals surface area contributed by atoms with Crippen molar-refractivity contribution in [1.82, 2.24) is 0 Å². The molecule has 0 spiro atoms. The molecule has 0 saturated heterocycles. The van der Waals surface area contributed by atoms with E-state index in [1.807, 2.05) is 24.3 Å². The lowest BCUT2D eigenvalue weighted by Crippen LogP contribution is -1.91. The monoisotopic (exact) mass is 382 g/mol. The van der Waals surface area contributed by atoms with E-state index in [0.717, 1.165) is 25.9 Å². The van der Waals surface area contributed by atoms with Gasteiger partial charge in [0, 0.05) is 14.6 Å². The SMILES string of the molecule is O=C(O)c1sc2cc(Oc3ccc(Br)cc3)ccc2c1Cl. The molecular weight excluding hydrogens is 376 g/mol. The zero-order chi connectivity index (χ0) is 15.0. The van der Waals surface area contributed by atoms with Gasteiger partial charge in [0.15, 0.2) is 0 Å². The number of fused-ring (bicyclic) bond motifs is 1. The molecule has 0 amide bonds. The topological polar surface area (TPSA) is 46.5 Å². The second-order valence-electron chi connectivity index (χ2n) is 4.26. The molecule has 0 aliphatic rings. The fourth-order valence-electron chi connectivity index (χ4n) is 1.89. The van der Waals surface area contributed by atoms with Crippen LogP contribution >= 0.6 is 38.9 Å². The van der Waals surface area contributed by atoms with Crippen molar-refractivity contribution in [2.45, 2.75) is 0 Å². The molecule has 3 rings (SSSR count). The number of carboxylic acid groups (broad SMARTS) is 1. The molecule has 1 heterocycles. The van der Waals surface area contributed by atoms with Crippen LogP contribution in [0.15, 0.2) is 46.9 Å². The van der Waals surface area contributed by atoms with Crippen LogP contribution in [-0.4, -0.2) is 11.1 Å². The van der Waals surface area contributed by atoms with Crippen LogP contribution in [0, 0.1) is 0 Å². The Labute approximate surface area is 137 Å². The number of aromatic carboxylic acids is 1. The first-order chi connectivity index (χ1) is 10.0. The normalized spacial score (nSPS) is 10.8. The molecule has 0 unspecified atom stereocenters. The molecule has 0 radical (unpaired) electrons. The summed E-state index contributed by atoms with van der Waals surface area (Å²) in [5.41, 5.74) is 0. The molecule has 3 nitrogen and oxygen atoms in total. The summed E-state index contributed by atoms with van der Waals surface area (Å²) in [6.45, 7) is 0.